The summed E-state index contributed by atoms with van der Waals surface area (Å²) in [6.45, 7) is -1.23. The van der Waals surface area contributed by atoms with E-state index >= 15 is 0 Å². The third kappa shape index (κ3) is 6.38. The summed E-state index contributed by atoms with van der Waals surface area (Å²) in [5.41, 5.74) is 0. The van der Waals surface area contributed by atoms with Gasteiger partial charge >= 0.3 is 0 Å². The molecule has 2 unspecified atom stereocenters. The summed E-state index contributed by atoms with van der Waals surface area (Å²) in [4.78, 5) is 11.5. The molecule has 3 aliphatic heterocycles. The molecule has 1 amide bonds. The van der Waals surface area contributed by atoms with Crippen molar-refractivity contribution in [1.82, 2.24) is 5.32 Å². The van der Waals surface area contributed by atoms with Crippen LogP contribution in [0.1, 0.15) is 6.92 Å². The maximum atomic E-state index is 11.5. The van der Waals surface area contributed by atoms with Gasteiger partial charge in [-0.3, -0.25) is 4.79 Å². The first-order chi connectivity index (χ1) is 17.4. The number of nitrogens with one attached hydrogen (secondary N) is 1. The summed E-state index contributed by atoms with van der Waals surface area (Å²) in [5.74, 6) is -0.627. The Kier molecular flexibility index (Phi) is 10.5. The lowest BCUT2D eigenvalue weighted by Gasteiger charge is -2.48. The topological polar surface area (TPSA) is 278 Å². The number of carbonyl (C=O) groups is 1. The highest BCUT2D eigenvalue weighted by molar-refractivity contribution is 5.73. The first-order valence-electron chi connectivity index (χ1n) is 11.6. The Balaban J connectivity index is 1.80. The molecule has 17 heteroatoms. The van der Waals surface area contributed by atoms with E-state index in [2.05, 4.69) is 5.32 Å². The van der Waals surface area contributed by atoms with Crippen molar-refractivity contribution >= 4 is 5.91 Å². The van der Waals surface area contributed by atoms with Crippen LogP contribution in [0.2, 0.25) is 0 Å². The molecule has 216 valence electrons. The monoisotopic (exact) mass is 545 g/mol. The smallest absolute Gasteiger partial charge is 0.217 e. The number of hydrogen-bond donors (Lipinski definition) is 11. The average Bonchev–Trinajstić information content (AvgIpc) is 2.86. The van der Waals surface area contributed by atoms with Crippen LogP contribution in [-0.4, -0.2) is 169 Å². The van der Waals surface area contributed by atoms with Gasteiger partial charge in [-0.1, -0.05) is 0 Å². The summed E-state index contributed by atoms with van der Waals surface area (Å²) in [6.07, 6.45) is -23.4. The van der Waals surface area contributed by atoms with Gasteiger partial charge in [0.05, 0.1) is 19.8 Å². The van der Waals surface area contributed by atoms with Gasteiger partial charge in [-0.15, -0.1) is 0 Å². The van der Waals surface area contributed by atoms with Crippen molar-refractivity contribution in [2.24, 2.45) is 0 Å². The fourth-order valence-corrected chi connectivity index (χ4v) is 4.46. The van der Waals surface area contributed by atoms with E-state index in [9.17, 15) is 55.9 Å². The second kappa shape index (κ2) is 12.8. The first kappa shape index (κ1) is 30.4. The van der Waals surface area contributed by atoms with E-state index in [0.717, 1.165) is 6.92 Å². The zero-order valence-corrected chi connectivity index (χ0v) is 19.7. The van der Waals surface area contributed by atoms with Crippen LogP contribution < -0.4 is 5.32 Å². The van der Waals surface area contributed by atoms with E-state index in [1.54, 1.807) is 0 Å². The molecular weight excluding hydrogens is 510 g/mol. The SMILES string of the molecule is CC(=O)N[C@H]1C(O)O[C@H](CO)C(O[C@@H]2O[C@H](CO)[C@H](O)[C@H](O[C@H]3O[C@H](CO)[C@H](O)[C@H](O)[C@H]3O)[C@H]2O)[C@@H]1O. The minimum absolute atomic E-state index is 0.627. The molecule has 0 radical (unpaired) electrons. The Morgan fingerprint density at radius 2 is 1.16 bits per heavy atom. The van der Waals surface area contributed by atoms with E-state index < -0.39 is 118 Å². The normalized spacial score (nSPS) is 49.0. The maximum absolute atomic E-state index is 11.5. The largest absolute Gasteiger partial charge is 0.394 e. The Labute approximate surface area is 210 Å². The van der Waals surface area contributed by atoms with Crippen LogP contribution in [0.4, 0.5) is 0 Å². The van der Waals surface area contributed by atoms with Crippen LogP contribution >= 0.6 is 0 Å². The fraction of sp³-hybridized carbons (Fsp3) is 0.950. The maximum Gasteiger partial charge on any atom is 0.217 e. The van der Waals surface area contributed by atoms with Crippen molar-refractivity contribution in [2.45, 2.75) is 99.0 Å². The van der Waals surface area contributed by atoms with Gasteiger partial charge in [0.2, 0.25) is 5.91 Å². The molecule has 11 N–H and O–H groups in total. The molecule has 17 nitrogen and oxygen atoms in total. The summed E-state index contributed by atoms with van der Waals surface area (Å²) < 4.78 is 26.9. The van der Waals surface area contributed by atoms with Crippen molar-refractivity contribution in [2.75, 3.05) is 19.8 Å². The summed E-state index contributed by atoms with van der Waals surface area (Å²) >= 11 is 0. The predicted molar refractivity (Wildman–Crippen MR) is 113 cm³/mol. The Hall–Kier alpha value is -1.13. The second-order valence-electron chi connectivity index (χ2n) is 9.07. The third-order valence-corrected chi connectivity index (χ3v) is 6.50. The van der Waals surface area contributed by atoms with Gasteiger partial charge < -0.3 is 80.1 Å². The number of ether oxygens (including phenoxy) is 5. The van der Waals surface area contributed by atoms with Crippen molar-refractivity contribution in [3.8, 4) is 0 Å². The molecule has 37 heavy (non-hydrogen) atoms. The molecule has 0 spiro atoms. The standard InChI is InChI=1S/C20H35NO16/c1-5(25)21-9-12(28)16(8(4-24)33-18(9)32)36-20-15(31)17(11(27)7(3-23)35-20)37-19-14(30)13(29)10(26)6(2-22)34-19/h6-20,22-24,26-32H,2-4H2,1H3,(H,21,25)/t6-,7-,8-,9-,10+,11+,12-,13+,14-,15-,16?,17+,18?,19-,20+/m1/s1. The predicted octanol–water partition coefficient (Wildman–Crippen LogP) is -7.43. The van der Waals surface area contributed by atoms with Crippen LogP contribution in [0.5, 0.6) is 0 Å². The summed E-state index contributed by atoms with van der Waals surface area (Å²) in [5, 5.41) is 103. The van der Waals surface area contributed by atoms with Crippen molar-refractivity contribution in [1.29, 1.82) is 0 Å². The van der Waals surface area contributed by atoms with Gasteiger partial charge in [-0.05, 0) is 0 Å². The Morgan fingerprint density at radius 3 is 1.70 bits per heavy atom. The molecule has 0 saturated carbocycles. The van der Waals surface area contributed by atoms with Crippen LogP contribution in [0.15, 0.2) is 0 Å². The van der Waals surface area contributed by atoms with Crippen LogP contribution in [0.3, 0.4) is 0 Å². The van der Waals surface area contributed by atoms with Gasteiger partial charge in [0.1, 0.15) is 73.2 Å². The Bertz CT molecular complexity index is 745. The summed E-state index contributed by atoms with van der Waals surface area (Å²) in [6, 6.07) is -1.40. The van der Waals surface area contributed by atoms with Gasteiger partial charge in [0, 0.05) is 6.92 Å². The van der Waals surface area contributed by atoms with E-state index in [0.29, 0.717) is 0 Å². The molecule has 15 atom stereocenters. The zero-order valence-electron chi connectivity index (χ0n) is 19.7. The number of rotatable bonds is 8. The van der Waals surface area contributed by atoms with E-state index in [1.807, 2.05) is 0 Å². The van der Waals surface area contributed by atoms with Gasteiger partial charge in [-0.25, -0.2) is 0 Å². The third-order valence-electron chi connectivity index (χ3n) is 6.50. The molecule has 0 aromatic carbocycles. The number of aliphatic hydroxyl groups excluding tert-OH is 10. The molecule has 3 saturated heterocycles. The lowest BCUT2D eigenvalue weighted by Crippen LogP contribution is -2.68. The fourth-order valence-electron chi connectivity index (χ4n) is 4.46. The molecule has 0 aliphatic carbocycles. The van der Waals surface area contributed by atoms with E-state index in [1.165, 1.54) is 0 Å². The highest BCUT2D eigenvalue weighted by atomic mass is 16.7. The minimum Gasteiger partial charge on any atom is -0.394 e. The minimum atomic E-state index is -1.91. The number of hydrogen-bond acceptors (Lipinski definition) is 16. The van der Waals surface area contributed by atoms with Crippen molar-refractivity contribution in [3.05, 3.63) is 0 Å². The second-order valence-corrected chi connectivity index (χ2v) is 9.07. The molecule has 0 aromatic heterocycles. The van der Waals surface area contributed by atoms with Gasteiger partial charge in [-0.2, -0.15) is 0 Å². The molecule has 3 aliphatic rings. The number of amides is 1. The van der Waals surface area contributed by atoms with Gasteiger partial charge in [0.25, 0.3) is 0 Å². The van der Waals surface area contributed by atoms with E-state index in [4.69, 9.17) is 23.7 Å². The van der Waals surface area contributed by atoms with Crippen LogP contribution in [0, 0.1) is 0 Å². The molecule has 0 bridgehead atoms. The zero-order chi connectivity index (χ0) is 27.6. The lowest BCUT2D eigenvalue weighted by atomic mass is 9.95. The number of aliphatic hydroxyl groups is 10. The highest BCUT2D eigenvalue weighted by Crippen LogP contribution is 2.32. The van der Waals surface area contributed by atoms with Crippen molar-refractivity contribution in [3.63, 3.8) is 0 Å². The van der Waals surface area contributed by atoms with Gasteiger partial charge in [0.15, 0.2) is 18.9 Å². The quantitative estimate of drug-likeness (QED) is 0.135. The molecule has 3 rings (SSSR count). The van der Waals surface area contributed by atoms with E-state index in [-0.39, 0.29) is 0 Å². The molecule has 3 fully saturated rings. The molecular formula is C20H35NO16. The van der Waals surface area contributed by atoms with Crippen LogP contribution in [-0.2, 0) is 28.5 Å². The van der Waals surface area contributed by atoms with Crippen molar-refractivity contribution < 1.29 is 79.5 Å². The number of carbonyl (C=O) groups excluding carboxylic acids is 1. The molecule has 3 heterocycles. The lowest BCUT2D eigenvalue weighted by molar-refractivity contribution is -0.375. The Morgan fingerprint density at radius 1 is 0.649 bits per heavy atom. The molecule has 0 aromatic rings. The van der Waals surface area contributed by atoms with Crippen LogP contribution in [0.25, 0.3) is 0 Å². The highest BCUT2D eigenvalue weighted by Gasteiger charge is 2.53. The first-order valence-corrected chi connectivity index (χ1v) is 11.6. The summed E-state index contributed by atoms with van der Waals surface area (Å²) in [7, 11) is 0. The average molecular weight is 545 g/mol.